The first kappa shape index (κ1) is 14.1. The van der Waals surface area contributed by atoms with Crippen LogP contribution >= 0.6 is 11.8 Å². The first-order valence-electron chi connectivity index (χ1n) is 6.92. The van der Waals surface area contributed by atoms with Gasteiger partial charge in [-0.3, -0.25) is 14.0 Å². The van der Waals surface area contributed by atoms with Crippen molar-refractivity contribution in [2.75, 3.05) is 5.75 Å². The van der Waals surface area contributed by atoms with E-state index in [1.54, 1.807) is 4.68 Å². The van der Waals surface area contributed by atoms with Gasteiger partial charge in [0.1, 0.15) is 0 Å². The molecule has 1 saturated carbocycles. The molecule has 2 aromatic heterocycles. The smallest absolute Gasteiger partial charge is 0.313 e. The van der Waals surface area contributed by atoms with Crippen LogP contribution in [0.5, 0.6) is 0 Å². The molecule has 8 heteroatoms. The molecule has 1 N–H and O–H groups in total. The van der Waals surface area contributed by atoms with Crippen molar-refractivity contribution in [1.82, 2.24) is 24.5 Å². The van der Waals surface area contributed by atoms with E-state index >= 15 is 0 Å². The van der Waals surface area contributed by atoms with Gasteiger partial charge >= 0.3 is 5.97 Å². The van der Waals surface area contributed by atoms with E-state index in [9.17, 15) is 4.79 Å². The molecule has 0 bridgehead atoms. The van der Waals surface area contributed by atoms with Crippen molar-refractivity contribution in [2.45, 2.75) is 37.4 Å². The van der Waals surface area contributed by atoms with E-state index in [4.69, 9.17) is 5.11 Å². The molecule has 0 atom stereocenters. The van der Waals surface area contributed by atoms with Crippen molar-refractivity contribution in [3.05, 3.63) is 11.9 Å². The third kappa shape index (κ3) is 2.80. The van der Waals surface area contributed by atoms with Gasteiger partial charge in [0.25, 0.3) is 0 Å². The van der Waals surface area contributed by atoms with Crippen LogP contribution in [0.4, 0.5) is 0 Å². The number of aliphatic carboxylic acids is 1. The summed E-state index contributed by atoms with van der Waals surface area (Å²) in [5, 5.41) is 22.4. The number of hydrogen-bond acceptors (Lipinski definition) is 5. The first-order valence-corrected chi connectivity index (χ1v) is 7.91. The molecule has 2 heterocycles. The summed E-state index contributed by atoms with van der Waals surface area (Å²) in [6.07, 6.45) is 4.96. The minimum atomic E-state index is -0.845. The van der Waals surface area contributed by atoms with Crippen molar-refractivity contribution in [3.8, 4) is 11.4 Å². The summed E-state index contributed by atoms with van der Waals surface area (Å²) < 4.78 is 3.86. The Morgan fingerprint density at radius 3 is 2.86 bits per heavy atom. The second kappa shape index (κ2) is 5.51. The van der Waals surface area contributed by atoms with E-state index in [-0.39, 0.29) is 5.75 Å². The lowest BCUT2D eigenvalue weighted by Crippen LogP contribution is -2.03. The standard InChI is InChI=1S/C13H17N5O2S/c1-3-10-9(6-17(2)16-10)12-14-15-13(21-7-11(19)20)18(12)8-4-5-8/h6,8H,3-5,7H2,1-2H3,(H,19,20). The molecule has 7 nitrogen and oxygen atoms in total. The maximum Gasteiger partial charge on any atom is 0.313 e. The summed E-state index contributed by atoms with van der Waals surface area (Å²) >= 11 is 1.22. The van der Waals surface area contributed by atoms with Crippen LogP contribution in [0.15, 0.2) is 11.4 Å². The minimum Gasteiger partial charge on any atom is -0.481 e. The van der Waals surface area contributed by atoms with Crippen LogP contribution in [0.2, 0.25) is 0 Å². The number of rotatable bonds is 6. The van der Waals surface area contributed by atoms with Gasteiger partial charge in [0.15, 0.2) is 11.0 Å². The summed E-state index contributed by atoms with van der Waals surface area (Å²) in [5.41, 5.74) is 1.98. The second-order valence-corrected chi connectivity index (χ2v) is 6.05. The zero-order valence-electron chi connectivity index (χ0n) is 12.0. The van der Waals surface area contributed by atoms with Crippen molar-refractivity contribution in [3.63, 3.8) is 0 Å². The molecule has 0 saturated heterocycles. The Hall–Kier alpha value is -1.83. The van der Waals surface area contributed by atoms with Crippen molar-refractivity contribution >= 4 is 17.7 Å². The zero-order chi connectivity index (χ0) is 15.0. The number of carboxylic acids is 1. The molecule has 0 aliphatic heterocycles. The predicted octanol–water partition coefficient (Wildman–Crippen LogP) is 1.75. The largest absolute Gasteiger partial charge is 0.481 e. The number of aryl methyl sites for hydroxylation is 2. The van der Waals surface area contributed by atoms with Crippen molar-refractivity contribution < 1.29 is 9.90 Å². The molecule has 0 spiro atoms. The molecule has 112 valence electrons. The zero-order valence-corrected chi connectivity index (χ0v) is 12.8. The van der Waals surface area contributed by atoms with E-state index < -0.39 is 5.97 Å². The van der Waals surface area contributed by atoms with Crippen molar-refractivity contribution in [2.24, 2.45) is 7.05 Å². The van der Waals surface area contributed by atoms with E-state index in [2.05, 4.69) is 26.8 Å². The molecule has 0 aromatic carbocycles. The average molecular weight is 307 g/mol. The van der Waals surface area contributed by atoms with E-state index in [1.165, 1.54) is 11.8 Å². The van der Waals surface area contributed by atoms with Crippen LogP contribution in [0.25, 0.3) is 11.4 Å². The number of aromatic nitrogens is 5. The fourth-order valence-corrected chi connectivity index (χ4v) is 3.06. The third-order valence-corrected chi connectivity index (χ3v) is 4.31. The van der Waals surface area contributed by atoms with Gasteiger partial charge in [0, 0.05) is 19.3 Å². The highest BCUT2D eigenvalue weighted by molar-refractivity contribution is 7.99. The molecular formula is C13H17N5O2S. The highest BCUT2D eigenvalue weighted by Gasteiger charge is 2.31. The Morgan fingerprint density at radius 1 is 1.48 bits per heavy atom. The first-order chi connectivity index (χ1) is 10.1. The average Bonchev–Trinajstić information content (AvgIpc) is 3.08. The lowest BCUT2D eigenvalue weighted by atomic mass is 10.2. The number of nitrogens with zero attached hydrogens (tertiary/aromatic N) is 5. The number of carboxylic acid groups (broad SMARTS) is 1. The van der Waals surface area contributed by atoms with Crippen LogP contribution in [0, 0.1) is 0 Å². The fourth-order valence-electron chi connectivity index (χ4n) is 2.33. The Labute approximate surface area is 126 Å². The monoisotopic (exact) mass is 307 g/mol. The molecule has 0 unspecified atom stereocenters. The summed E-state index contributed by atoms with van der Waals surface area (Å²) in [6, 6.07) is 0.385. The number of hydrogen-bond donors (Lipinski definition) is 1. The Balaban J connectivity index is 2.00. The predicted molar refractivity (Wildman–Crippen MR) is 78.2 cm³/mol. The van der Waals surface area contributed by atoms with Gasteiger partial charge in [-0.25, -0.2) is 0 Å². The molecule has 21 heavy (non-hydrogen) atoms. The Bertz CT molecular complexity index is 674. The fraction of sp³-hybridized carbons (Fsp3) is 0.538. The lowest BCUT2D eigenvalue weighted by molar-refractivity contribution is -0.133. The molecule has 2 aromatic rings. The topological polar surface area (TPSA) is 85.8 Å². The van der Waals surface area contributed by atoms with Crippen LogP contribution in [-0.2, 0) is 18.3 Å². The molecule has 3 rings (SSSR count). The summed E-state index contributed by atoms with van der Waals surface area (Å²) in [7, 11) is 1.89. The quantitative estimate of drug-likeness (QED) is 0.818. The Kier molecular flexibility index (Phi) is 3.71. The summed E-state index contributed by atoms with van der Waals surface area (Å²) in [4.78, 5) is 10.8. The van der Waals surface area contributed by atoms with Gasteiger partial charge in [-0.15, -0.1) is 10.2 Å². The number of thioether (sulfide) groups is 1. The molecule has 1 fully saturated rings. The highest BCUT2D eigenvalue weighted by Crippen LogP contribution is 2.41. The third-order valence-electron chi connectivity index (χ3n) is 3.38. The van der Waals surface area contributed by atoms with Crippen LogP contribution in [0.3, 0.4) is 0 Å². The van der Waals surface area contributed by atoms with E-state index in [0.29, 0.717) is 11.2 Å². The van der Waals surface area contributed by atoms with Gasteiger partial charge in [-0.2, -0.15) is 5.10 Å². The van der Waals surface area contributed by atoms with Gasteiger partial charge < -0.3 is 5.11 Å². The summed E-state index contributed by atoms with van der Waals surface area (Å²) in [5.74, 6) is -0.0451. The highest BCUT2D eigenvalue weighted by atomic mass is 32.2. The SMILES string of the molecule is CCc1nn(C)cc1-c1nnc(SCC(=O)O)n1C1CC1. The minimum absolute atomic E-state index is 0.00146. The van der Waals surface area contributed by atoms with Gasteiger partial charge in [0.05, 0.1) is 17.0 Å². The van der Waals surface area contributed by atoms with Crippen LogP contribution in [-0.4, -0.2) is 41.4 Å². The molecular weight excluding hydrogens is 290 g/mol. The lowest BCUT2D eigenvalue weighted by Gasteiger charge is -2.07. The molecule has 0 amide bonds. The van der Waals surface area contributed by atoms with Gasteiger partial charge in [-0.05, 0) is 19.3 Å². The van der Waals surface area contributed by atoms with Crippen LogP contribution in [0.1, 0.15) is 31.5 Å². The maximum absolute atomic E-state index is 10.8. The van der Waals surface area contributed by atoms with Gasteiger partial charge in [0.2, 0.25) is 0 Å². The maximum atomic E-state index is 10.8. The normalized spacial score (nSPS) is 14.6. The van der Waals surface area contributed by atoms with Crippen molar-refractivity contribution in [1.29, 1.82) is 0 Å². The van der Waals surface area contributed by atoms with Crippen LogP contribution < -0.4 is 0 Å². The molecule has 1 aliphatic rings. The Morgan fingerprint density at radius 2 is 2.24 bits per heavy atom. The van der Waals surface area contributed by atoms with E-state index in [1.807, 2.05) is 13.2 Å². The molecule has 0 radical (unpaired) electrons. The van der Waals surface area contributed by atoms with E-state index in [0.717, 1.165) is 36.3 Å². The summed E-state index contributed by atoms with van der Waals surface area (Å²) in [6.45, 7) is 2.06. The second-order valence-electron chi connectivity index (χ2n) is 5.11. The molecule has 1 aliphatic carbocycles. The number of carbonyl (C=O) groups is 1. The van der Waals surface area contributed by atoms with Gasteiger partial charge in [-0.1, -0.05) is 18.7 Å².